The predicted molar refractivity (Wildman–Crippen MR) is 96.1 cm³/mol. The second-order valence-electron chi connectivity index (χ2n) is 6.33. The zero-order valence-corrected chi connectivity index (χ0v) is 15.1. The van der Waals surface area contributed by atoms with Gasteiger partial charge in [0.05, 0.1) is 6.61 Å². The second kappa shape index (κ2) is 8.46. The summed E-state index contributed by atoms with van der Waals surface area (Å²) in [7, 11) is 1.68. The van der Waals surface area contributed by atoms with Crippen molar-refractivity contribution >= 4 is 24.0 Å². The van der Waals surface area contributed by atoms with Crippen LogP contribution in [0, 0.1) is 5.41 Å². The molecule has 2 aromatic heterocycles. The lowest BCUT2D eigenvalue weighted by atomic mass is 9.79. The SMILES string of the molecule is COCC1(CNC(=O)Cn2nc3ccccn3c2=O)CCNCC1.Cl. The molecule has 1 saturated heterocycles. The number of hydrogen-bond donors (Lipinski definition) is 2. The molecule has 1 aliphatic rings. The van der Waals surface area contributed by atoms with Crippen molar-refractivity contribution < 1.29 is 9.53 Å². The molecule has 0 radical (unpaired) electrons. The van der Waals surface area contributed by atoms with E-state index in [1.807, 2.05) is 0 Å². The molecule has 2 aromatic rings. The topological polar surface area (TPSA) is 89.7 Å². The molecular formula is C16H24ClN5O3. The van der Waals surface area contributed by atoms with Crippen molar-refractivity contribution in [1.29, 1.82) is 0 Å². The van der Waals surface area contributed by atoms with Gasteiger partial charge in [0.25, 0.3) is 0 Å². The molecule has 3 rings (SSSR count). The Bertz CT molecular complexity index is 761. The van der Waals surface area contributed by atoms with Gasteiger partial charge in [0.1, 0.15) is 6.54 Å². The summed E-state index contributed by atoms with van der Waals surface area (Å²) in [4.78, 5) is 24.4. The summed E-state index contributed by atoms with van der Waals surface area (Å²) in [6.45, 7) is 2.92. The molecule has 0 aromatic carbocycles. The van der Waals surface area contributed by atoms with Gasteiger partial charge in [-0.25, -0.2) is 9.48 Å². The van der Waals surface area contributed by atoms with Gasteiger partial charge >= 0.3 is 5.69 Å². The standard InChI is InChI=1S/C16H23N5O3.ClH/c1-24-12-16(5-7-17-8-6-16)11-18-14(22)10-21-15(23)20-9-3-2-4-13(20)19-21;/h2-4,9,17H,5-8,10-12H2,1H3,(H,18,22);1H. The molecule has 138 valence electrons. The van der Waals surface area contributed by atoms with Crippen LogP contribution in [-0.4, -0.2) is 53.4 Å². The molecule has 0 bridgehead atoms. The first-order valence-electron chi connectivity index (χ1n) is 8.14. The van der Waals surface area contributed by atoms with E-state index in [1.165, 1.54) is 9.08 Å². The maximum atomic E-state index is 12.3. The fourth-order valence-electron chi connectivity index (χ4n) is 3.18. The van der Waals surface area contributed by atoms with Crippen LogP contribution in [0.25, 0.3) is 5.65 Å². The van der Waals surface area contributed by atoms with Gasteiger partial charge in [-0.1, -0.05) is 6.07 Å². The number of piperidine rings is 1. The van der Waals surface area contributed by atoms with Crippen molar-refractivity contribution in [3.8, 4) is 0 Å². The van der Waals surface area contributed by atoms with E-state index < -0.39 is 0 Å². The second-order valence-corrected chi connectivity index (χ2v) is 6.33. The Morgan fingerprint density at radius 3 is 2.84 bits per heavy atom. The number of halogens is 1. The van der Waals surface area contributed by atoms with Crippen molar-refractivity contribution in [2.75, 3.05) is 33.4 Å². The van der Waals surface area contributed by atoms with E-state index in [9.17, 15) is 9.59 Å². The van der Waals surface area contributed by atoms with E-state index in [0.717, 1.165) is 25.9 Å². The van der Waals surface area contributed by atoms with Crippen LogP contribution in [0.4, 0.5) is 0 Å². The van der Waals surface area contributed by atoms with E-state index in [4.69, 9.17) is 4.74 Å². The lowest BCUT2D eigenvalue weighted by Gasteiger charge is -2.37. The summed E-state index contributed by atoms with van der Waals surface area (Å²) in [5.74, 6) is -0.213. The van der Waals surface area contributed by atoms with E-state index >= 15 is 0 Å². The molecule has 0 spiro atoms. The quantitative estimate of drug-likeness (QED) is 0.751. The minimum Gasteiger partial charge on any atom is -0.384 e. The Labute approximate surface area is 152 Å². The van der Waals surface area contributed by atoms with Crippen LogP contribution < -0.4 is 16.3 Å². The average Bonchev–Trinajstić information content (AvgIpc) is 2.91. The van der Waals surface area contributed by atoms with Gasteiger partial charge in [-0.15, -0.1) is 17.5 Å². The Hall–Kier alpha value is -1.90. The molecular weight excluding hydrogens is 346 g/mol. The minimum absolute atomic E-state index is 0. The first-order chi connectivity index (χ1) is 11.6. The molecule has 25 heavy (non-hydrogen) atoms. The number of methoxy groups -OCH3 is 1. The van der Waals surface area contributed by atoms with E-state index in [0.29, 0.717) is 18.8 Å². The monoisotopic (exact) mass is 369 g/mol. The number of pyridine rings is 1. The van der Waals surface area contributed by atoms with Crippen LogP contribution in [0.15, 0.2) is 29.2 Å². The van der Waals surface area contributed by atoms with Crippen LogP contribution in [0.3, 0.4) is 0 Å². The predicted octanol–water partition coefficient (Wildman–Crippen LogP) is 0.0502. The van der Waals surface area contributed by atoms with Crippen molar-refractivity contribution in [3.63, 3.8) is 0 Å². The smallest absolute Gasteiger partial charge is 0.350 e. The first kappa shape index (κ1) is 19.4. The maximum Gasteiger partial charge on any atom is 0.350 e. The van der Waals surface area contributed by atoms with Gasteiger partial charge in [-0.05, 0) is 38.1 Å². The van der Waals surface area contributed by atoms with Crippen LogP contribution in [-0.2, 0) is 16.1 Å². The van der Waals surface area contributed by atoms with Crippen molar-refractivity contribution in [2.24, 2.45) is 5.41 Å². The number of ether oxygens (including phenoxy) is 1. The number of hydrogen-bond acceptors (Lipinski definition) is 5. The van der Waals surface area contributed by atoms with Gasteiger partial charge in [0, 0.05) is 25.3 Å². The Balaban J connectivity index is 0.00000225. The molecule has 0 unspecified atom stereocenters. The van der Waals surface area contributed by atoms with Crippen molar-refractivity contribution in [1.82, 2.24) is 24.8 Å². The summed E-state index contributed by atoms with van der Waals surface area (Å²) in [6, 6.07) is 5.29. The highest BCUT2D eigenvalue weighted by atomic mass is 35.5. The number of carbonyl (C=O) groups excluding carboxylic acids is 1. The number of aromatic nitrogens is 3. The number of rotatable bonds is 6. The first-order valence-corrected chi connectivity index (χ1v) is 8.14. The Kier molecular flexibility index (Phi) is 6.57. The Morgan fingerprint density at radius 2 is 2.16 bits per heavy atom. The summed E-state index contributed by atoms with van der Waals surface area (Å²) in [5.41, 5.74) is 0.179. The summed E-state index contributed by atoms with van der Waals surface area (Å²) >= 11 is 0. The molecule has 0 aliphatic carbocycles. The zero-order chi connectivity index (χ0) is 17.0. The van der Waals surface area contributed by atoms with Crippen molar-refractivity contribution in [2.45, 2.75) is 19.4 Å². The molecule has 2 N–H and O–H groups in total. The molecule has 3 heterocycles. The lowest BCUT2D eigenvalue weighted by Crippen LogP contribution is -2.48. The average molecular weight is 370 g/mol. The van der Waals surface area contributed by atoms with Crippen LogP contribution >= 0.6 is 12.4 Å². The Morgan fingerprint density at radius 1 is 1.40 bits per heavy atom. The third-order valence-electron chi connectivity index (χ3n) is 4.56. The molecule has 9 heteroatoms. The highest BCUT2D eigenvalue weighted by Gasteiger charge is 2.32. The number of nitrogens with zero attached hydrogens (tertiary/aromatic N) is 3. The minimum atomic E-state index is -0.311. The van der Waals surface area contributed by atoms with Crippen LogP contribution in [0.2, 0.25) is 0 Å². The normalized spacial score (nSPS) is 16.4. The van der Waals surface area contributed by atoms with E-state index in [1.54, 1.807) is 31.5 Å². The fourth-order valence-corrected chi connectivity index (χ4v) is 3.18. The zero-order valence-electron chi connectivity index (χ0n) is 14.2. The molecule has 8 nitrogen and oxygen atoms in total. The van der Waals surface area contributed by atoms with Crippen molar-refractivity contribution in [3.05, 3.63) is 34.9 Å². The molecule has 1 amide bonds. The summed E-state index contributed by atoms with van der Waals surface area (Å²) in [6.07, 6.45) is 3.55. The van der Waals surface area contributed by atoms with Gasteiger partial charge in [0.2, 0.25) is 5.91 Å². The van der Waals surface area contributed by atoms with Gasteiger partial charge < -0.3 is 15.4 Å². The van der Waals surface area contributed by atoms with Gasteiger partial charge in [0.15, 0.2) is 5.65 Å². The third kappa shape index (κ3) is 4.39. The molecule has 0 saturated carbocycles. The maximum absolute atomic E-state index is 12.3. The highest BCUT2D eigenvalue weighted by molar-refractivity contribution is 5.85. The number of nitrogens with one attached hydrogen (secondary N) is 2. The molecule has 0 atom stereocenters. The van der Waals surface area contributed by atoms with Gasteiger partial charge in [-0.2, -0.15) is 0 Å². The number of amides is 1. The fraction of sp³-hybridized carbons (Fsp3) is 0.562. The van der Waals surface area contributed by atoms with E-state index in [-0.39, 0.29) is 36.0 Å². The third-order valence-corrected chi connectivity index (χ3v) is 4.56. The lowest BCUT2D eigenvalue weighted by molar-refractivity contribution is -0.122. The highest BCUT2D eigenvalue weighted by Crippen LogP contribution is 2.28. The summed E-state index contributed by atoms with van der Waals surface area (Å²) < 4.78 is 7.96. The summed E-state index contributed by atoms with van der Waals surface area (Å²) in [5, 5.41) is 10.4. The number of fused-ring (bicyclic) bond motifs is 1. The van der Waals surface area contributed by atoms with E-state index in [2.05, 4.69) is 15.7 Å². The molecule has 1 fully saturated rings. The van der Waals surface area contributed by atoms with Crippen LogP contribution in [0.1, 0.15) is 12.8 Å². The van der Waals surface area contributed by atoms with Gasteiger partial charge in [-0.3, -0.25) is 9.20 Å². The number of carbonyl (C=O) groups is 1. The molecule has 1 aliphatic heterocycles. The van der Waals surface area contributed by atoms with Crippen LogP contribution in [0.5, 0.6) is 0 Å². The largest absolute Gasteiger partial charge is 0.384 e.